The van der Waals surface area contributed by atoms with Crippen LogP contribution in [-0.4, -0.2) is 30.6 Å². The average Bonchev–Trinajstić information content (AvgIpc) is 3.08. The zero-order valence-corrected chi connectivity index (χ0v) is 14.2. The van der Waals surface area contributed by atoms with Crippen molar-refractivity contribution in [1.82, 2.24) is 4.90 Å². The van der Waals surface area contributed by atoms with E-state index in [1.807, 2.05) is 30.3 Å². The number of ether oxygens (including phenoxy) is 1. The van der Waals surface area contributed by atoms with Gasteiger partial charge in [0.2, 0.25) is 0 Å². The van der Waals surface area contributed by atoms with Crippen LogP contribution in [0, 0.1) is 0 Å². The van der Waals surface area contributed by atoms with Gasteiger partial charge in [-0.15, -0.1) is 11.3 Å². The molecule has 2 aromatic carbocycles. The highest BCUT2D eigenvalue weighted by atomic mass is 32.1. The number of hydrogen-bond acceptors (Lipinski definition) is 4. The fraction of sp³-hybridized carbons (Fsp3) is 0.263. The molecule has 1 heterocycles. The lowest BCUT2D eigenvalue weighted by Gasteiger charge is -2.21. The summed E-state index contributed by atoms with van der Waals surface area (Å²) in [6.07, 6.45) is 0.938. The van der Waals surface area contributed by atoms with Crippen LogP contribution in [0.5, 0.6) is 11.5 Å². The van der Waals surface area contributed by atoms with Gasteiger partial charge in [-0.25, -0.2) is 0 Å². The van der Waals surface area contributed by atoms with Crippen molar-refractivity contribution in [2.45, 2.75) is 12.5 Å². The molecular weight excluding hydrogens is 306 g/mol. The van der Waals surface area contributed by atoms with E-state index in [4.69, 9.17) is 4.74 Å². The Bertz CT molecular complexity index is 768. The minimum Gasteiger partial charge on any atom is -0.507 e. The first kappa shape index (κ1) is 15.8. The Kier molecular flexibility index (Phi) is 4.84. The molecule has 3 aromatic rings. The molecule has 23 heavy (non-hydrogen) atoms. The molecule has 1 N–H and O–H groups in total. The topological polar surface area (TPSA) is 32.7 Å². The van der Waals surface area contributed by atoms with Crippen molar-refractivity contribution in [1.29, 1.82) is 0 Å². The predicted molar refractivity (Wildman–Crippen MR) is 96.5 cm³/mol. The second-order valence-electron chi connectivity index (χ2n) is 5.84. The lowest BCUT2D eigenvalue weighted by Crippen LogP contribution is -2.18. The summed E-state index contributed by atoms with van der Waals surface area (Å²) in [6.45, 7) is 0.957. The number of rotatable bonds is 6. The van der Waals surface area contributed by atoms with Crippen molar-refractivity contribution in [3.63, 3.8) is 0 Å². The van der Waals surface area contributed by atoms with E-state index < -0.39 is 0 Å². The van der Waals surface area contributed by atoms with Crippen molar-refractivity contribution >= 4 is 22.1 Å². The Hall–Kier alpha value is -2.04. The van der Waals surface area contributed by atoms with Crippen LogP contribution >= 0.6 is 11.3 Å². The molecule has 0 saturated heterocycles. The second kappa shape index (κ2) is 7.02. The third-order valence-corrected chi connectivity index (χ3v) is 4.79. The third-order valence-electron chi connectivity index (χ3n) is 3.83. The van der Waals surface area contributed by atoms with Crippen LogP contribution in [0.2, 0.25) is 0 Å². The van der Waals surface area contributed by atoms with Gasteiger partial charge in [-0.3, -0.25) is 0 Å². The highest BCUT2D eigenvalue weighted by molar-refractivity contribution is 7.10. The SMILES string of the molecule is CN(C)CC[C@H](Oc1ccc(O)c2ccccc12)c1cccs1. The number of thiophene rings is 1. The van der Waals surface area contributed by atoms with Gasteiger partial charge in [-0.1, -0.05) is 30.3 Å². The van der Waals surface area contributed by atoms with Crippen LogP contribution in [0.15, 0.2) is 53.9 Å². The number of benzene rings is 2. The highest BCUT2D eigenvalue weighted by Crippen LogP contribution is 2.36. The first-order valence-electron chi connectivity index (χ1n) is 7.70. The molecule has 120 valence electrons. The maximum atomic E-state index is 10.0. The standard InChI is InChI=1S/C19H21NO2S/c1-20(2)12-11-18(19-8-5-13-23-19)22-17-10-9-16(21)14-6-3-4-7-15(14)17/h3-10,13,18,21H,11-12H2,1-2H3/t18-/m0/s1. The monoisotopic (exact) mass is 327 g/mol. The molecule has 0 radical (unpaired) electrons. The van der Waals surface area contributed by atoms with Crippen molar-refractivity contribution in [3.05, 3.63) is 58.8 Å². The largest absolute Gasteiger partial charge is 0.507 e. The molecule has 0 spiro atoms. The minimum atomic E-state index is 0.0188. The van der Waals surface area contributed by atoms with Gasteiger partial charge in [0, 0.05) is 28.6 Å². The summed E-state index contributed by atoms with van der Waals surface area (Å²) >= 11 is 1.72. The summed E-state index contributed by atoms with van der Waals surface area (Å²) < 4.78 is 6.35. The van der Waals surface area contributed by atoms with Gasteiger partial charge in [-0.05, 0) is 37.7 Å². The molecule has 4 heteroatoms. The first-order chi connectivity index (χ1) is 11.1. The predicted octanol–water partition coefficient (Wildman–Crippen LogP) is 4.68. The van der Waals surface area contributed by atoms with Crippen LogP contribution in [0.4, 0.5) is 0 Å². The van der Waals surface area contributed by atoms with Crippen LogP contribution in [0.25, 0.3) is 10.8 Å². The van der Waals surface area contributed by atoms with E-state index in [0.717, 1.165) is 29.5 Å². The van der Waals surface area contributed by atoms with E-state index in [0.29, 0.717) is 0 Å². The first-order valence-corrected chi connectivity index (χ1v) is 8.58. The number of nitrogens with zero attached hydrogens (tertiary/aromatic N) is 1. The Morgan fingerprint density at radius 3 is 2.52 bits per heavy atom. The normalized spacial score (nSPS) is 12.7. The van der Waals surface area contributed by atoms with Gasteiger partial charge in [0.15, 0.2) is 0 Å². The van der Waals surface area contributed by atoms with E-state index in [1.54, 1.807) is 17.4 Å². The summed E-state index contributed by atoms with van der Waals surface area (Å²) in [5.74, 6) is 1.10. The zero-order valence-electron chi connectivity index (χ0n) is 13.4. The molecule has 0 saturated carbocycles. The summed E-state index contributed by atoms with van der Waals surface area (Å²) in [4.78, 5) is 3.39. The molecule has 0 fully saturated rings. The van der Waals surface area contributed by atoms with Crippen molar-refractivity contribution in [2.24, 2.45) is 0 Å². The molecule has 3 rings (SSSR count). The van der Waals surface area contributed by atoms with Gasteiger partial charge in [0.25, 0.3) is 0 Å². The van der Waals surface area contributed by atoms with E-state index in [9.17, 15) is 5.11 Å². The zero-order chi connectivity index (χ0) is 16.2. The molecule has 0 aliphatic heterocycles. The second-order valence-corrected chi connectivity index (χ2v) is 6.82. The van der Waals surface area contributed by atoms with Crippen molar-refractivity contribution in [2.75, 3.05) is 20.6 Å². The quantitative estimate of drug-likeness (QED) is 0.713. The maximum absolute atomic E-state index is 10.0. The fourth-order valence-corrected chi connectivity index (χ4v) is 3.41. The van der Waals surface area contributed by atoms with E-state index in [2.05, 4.69) is 36.5 Å². The van der Waals surface area contributed by atoms with Gasteiger partial charge in [-0.2, -0.15) is 0 Å². The van der Waals surface area contributed by atoms with Crippen LogP contribution < -0.4 is 4.74 Å². The Labute approximate surface area is 140 Å². The van der Waals surface area contributed by atoms with Crippen LogP contribution in [0.1, 0.15) is 17.4 Å². The maximum Gasteiger partial charge on any atom is 0.134 e. The number of phenols is 1. The van der Waals surface area contributed by atoms with Crippen LogP contribution in [0.3, 0.4) is 0 Å². The molecule has 3 nitrogen and oxygen atoms in total. The van der Waals surface area contributed by atoms with Gasteiger partial charge in [0.1, 0.15) is 17.6 Å². The summed E-state index contributed by atoms with van der Waals surface area (Å²) in [5.41, 5.74) is 0. The summed E-state index contributed by atoms with van der Waals surface area (Å²) in [5, 5.41) is 13.9. The lowest BCUT2D eigenvalue weighted by molar-refractivity contribution is 0.185. The molecule has 0 amide bonds. The summed E-state index contributed by atoms with van der Waals surface area (Å²) in [6, 6.07) is 15.5. The smallest absolute Gasteiger partial charge is 0.134 e. The molecular formula is C19H21NO2S. The third kappa shape index (κ3) is 3.66. The Balaban J connectivity index is 1.92. The van der Waals surface area contributed by atoms with Gasteiger partial charge >= 0.3 is 0 Å². The molecule has 0 aliphatic rings. The lowest BCUT2D eigenvalue weighted by atomic mass is 10.1. The fourth-order valence-electron chi connectivity index (χ4n) is 2.62. The number of aromatic hydroxyl groups is 1. The van der Waals surface area contributed by atoms with Gasteiger partial charge in [0.05, 0.1) is 0 Å². The number of phenolic OH excluding ortho intramolecular Hbond substituents is 1. The molecule has 1 aromatic heterocycles. The Morgan fingerprint density at radius 1 is 1.04 bits per heavy atom. The average molecular weight is 327 g/mol. The minimum absolute atomic E-state index is 0.0188. The van der Waals surface area contributed by atoms with Crippen molar-refractivity contribution < 1.29 is 9.84 Å². The molecule has 0 aliphatic carbocycles. The summed E-state index contributed by atoms with van der Waals surface area (Å²) in [7, 11) is 4.14. The van der Waals surface area contributed by atoms with E-state index >= 15 is 0 Å². The molecule has 0 unspecified atom stereocenters. The molecule has 0 bridgehead atoms. The van der Waals surface area contributed by atoms with Crippen LogP contribution in [-0.2, 0) is 0 Å². The van der Waals surface area contributed by atoms with E-state index in [1.165, 1.54) is 4.88 Å². The van der Waals surface area contributed by atoms with Gasteiger partial charge < -0.3 is 14.7 Å². The number of fused-ring (bicyclic) bond motifs is 1. The van der Waals surface area contributed by atoms with E-state index in [-0.39, 0.29) is 11.9 Å². The number of hydrogen-bond donors (Lipinski definition) is 1. The van der Waals surface area contributed by atoms with Crippen molar-refractivity contribution in [3.8, 4) is 11.5 Å². The molecule has 1 atom stereocenters. The Morgan fingerprint density at radius 2 is 1.83 bits per heavy atom. The highest BCUT2D eigenvalue weighted by Gasteiger charge is 2.17.